The molecule has 0 radical (unpaired) electrons. The van der Waals surface area contributed by atoms with E-state index in [9.17, 15) is 0 Å². The molecule has 100 valence electrons. The average molecular weight is 256 g/mol. The van der Waals surface area contributed by atoms with Crippen molar-refractivity contribution >= 4 is 16.7 Å². The van der Waals surface area contributed by atoms with Crippen LogP contribution in [0.3, 0.4) is 0 Å². The first-order valence-electron chi connectivity index (χ1n) is 7.33. The van der Waals surface area contributed by atoms with Crippen molar-refractivity contribution in [1.82, 2.24) is 14.9 Å². The molecule has 4 heterocycles. The van der Waals surface area contributed by atoms with Crippen molar-refractivity contribution in [3.8, 4) is 0 Å². The standard InChI is InChI=1S/C15H20N4/c1-2-7-18-8-9-19(11-12(18)4-1)14-10-17-13-5-3-6-16-15(13)14/h3,5-6,10,12,17H,1-2,4,7-9,11H2. The fourth-order valence-corrected chi connectivity index (χ4v) is 3.56. The second-order valence-electron chi connectivity index (χ2n) is 5.71. The number of nitrogens with one attached hydrogen (secondary N) is 1. The second kappa shape index (κ2) is 4.53. The fraction of sp³-hybridized carbons (Fsp3) is 0.533. The lowest BCUT2D eigenvalue weighted by molar-refractivity contribution is 0.133. The van der Waals surface area contributed by atoms with Crippen LogP contribution in [0.25, 0.3) is 11.0 Å². The molecular formula is C15H20N4. The molecule has 19 heavy (non-hydrogen) atoms. The van der Waals surface area contributed by atoms with E-state index in [0.29, 0.717) is 0 Å². The summed E-state index contributed by atoms with van der Waals surface area (Å²) in [5.41, 5.74) is 3.54. The highest BCUT2D eigenvalue weighted by atomic mass is 15.3. The Balaban J connectivity index is 1.62. The van der Waals surface area contributed by atoms with Gasteiger partial charge in [0.25, 0.3) is 0 Å². The molecule has 0 bridgehead atoms. The molecule has 2 aromatic heterocycles. The van der Waals surface area contributed by atoms with E-state index in [1.807, 2.05) is 12.3 Å². The van der Waals surface area contributed by atoms with Gasteiger partial charge in [-0.15, -0.1) is 0 Å². The highest BCUT2D eigenvalue weighted by molar-refractivity contribution is 5.89. The molecule has 4 heteroatoms. The molecule has 0 saturated carbocycles. The summed E-state index contributed by atoms with van der Waals surface area (Å²) in [6, 6.07) is 4.83. The van der Waals surface area contributed by atoms with Gasteiger partial charge in [-0.25, -0.2) is 0 Å². The molecule has 0 aliphatic carbocycles. The van der Waals surface area contributed by atoms with Crippen molar-refractivity contribution in [3.05, 3.63) is 24.5 Å². The highest BCUT2D eigenvalue weighted by Crippen LogP contribution is 2.29. The Morgan fingerprint density at radius 1 is 1.21 bits per heavy atom. The van der Waals surface area contributed by atoms with Gasteiger partial charge in [-0.3, -0.25) is 9.88 Å². The Morgan fingerprint density at radius 2 is 2.21 bits per heavy atom. The number of fused-ring (bicyclic) bond motifs is 2. The average Bonchev–Trinajstić information content (AvgIpc) is 2.91. The highest BCUT2D eigenvalue weighted by Gasteiger charge is 2.29. The van der Waals surface area contributed by atoms with Crippen LogP contribution in [0.15, 0.2) is 24.5 Å². The van der Waals surface area contributed by atoms with Crippen molar-refractivity contribution in [1.29, 1.82) is 0 Å². The van der Waals surface area contributed by atoms with Crippen LogP contribution in [-0.4, -0.2) is 47.1 Å². The van der Waals surface area contributed by atoms with E-state index < -0.39 is 0 Å². The maximum atomic E-state index is 4.53. The number of rotatable bonds is 1. The van der Waals surface area contributed by atoms with Crippen LogP contribution in [-0.2, 0) is 0 Å². The van der Waals surface area contributed by atoms with Gasteiger partial charge in [0.2, 0.25) is 0 Å². The summed E-state index contributed by atoms with van der Waals surface area (Å²) in [7, 11) is 0. The number of nitrogens with zero attached hydrogens (tertiary/aromatic N) is 3. The van der Waals surface area contributed by atoms with Crippen molar-refractivity contribution in [3.63, 3.8) is 0 Å². The van der Waals surface area contributed by atoms with Gasteiger partial charge in [-0.2, -0.15) is 0 Å². The molecule has 2 aliphatic heterocycles. The Hall–Kier alpha value is -1.55. The maximum absolute atomic E-state index is 4.53. The summed E-state index contributed by atoms with van der Waals surface area (Å²) in [6.45, 7) is 4.78. The number of anilines is 1. The molecule has 1 N–H and O–H groups in total. The van der Waals surface area contributed by atoms with Gasteiger partial charge in [0.1, 0.15) is 5.52 Å². The molecule has 0 aromatic carbocycles. The van der Waals surface area contributed by atoms with E-state index in [2.05, 4.69) is 32.0 Å². The Labute approximate surface area is 113 Å². The predicted octanol–water partition coefficient (Wildman–Crippen LogP) is 2.24. The Morgan fingerprint density at radius 3 is 3.21 bits per heavy atom. The third-order valence-corrected chi connectivity index (χ3v) is 4.59. The molecule has 2 fully saturated rings. The largest absolute Gasteiger partial charge is 0.366 e. The first kappa shape index (κ1) is 11.3. The lowest BCUT2D eigenvalue weighted by atomic mass is 9.99. The smallest absolute Gasteiger partial charge is 0.111 e. The van der Waals surface area contributed by atoms with Crippen LogP contribution in [0, 0.1) is 0 Å². The van der Waals surface area contributed by atoms with E-state index in [4.69, 9.17) is 0 Å². The number of hydrogen-bond donors (Lipinski definition) is 1. The van der Waals surface area contributed by atoms with Gasteiger partial charge < -0.3 is 9.88 Å². The van der Waals surface area contributed by atoms with Gasteiger partial charge in [0.05, 0.1) is 11.2 Å². The minimum absolute atomic E-state index is 0.746. The molecule has 0 amide bonds. The zero-order valence-corrected chi connectivity index (χ0v) is 11.2. The third-order valence-electron chi connectivity index (χ3n) is 4.59. The number of hydrogen-bond acceptors (Lipinski definition) is 3. The minimum Gasteiger partial charge on any atom is -0.366 e. The third kappa shape index (κ3) is 1.91. The quantitative estimate of drug-likeness (QED) is 0.850. The van der Waals surface area contributed by atoms with Crippen molar-refractivity contribution in [2.75, 3.05) is 31.1 Å². The zero-order valence-electron chi connectivity index (χ0n) is 11.2. The number of aromatic nitrogens is 2. The number of pyridine rings is 1. The first-order chi connectivity index (χ1) is 9.42. The first-order valence-corrected chi connectivity index (χ1v) is 7.33. The Kier molecular flexibility index (Phi) is 2.69. The summed E-state index contributed by atoms with van der Waals surface area (Å²) < 4.78 is 0. The molecular weight excluding hydrogens is 236 g/mol. The second-order valence-corrected chi connectivity index (χ2v) is 5.71. The molecule has 0 spiro atoms. The Bertz CT molecular complexity index is 576. The monoisotopic (exact) mass is 256 g/mol. The van der Waals surface area contributed by atoms with Crippen LogP contribution >= 0.6 is 0 Å². The van der Waals surface area contributed by atoms with E-state index in [0.717, 1.165) is 30.2 Å². The molecule has 2 aliphatic rings. The summed E-state index contributed by atoms with van der Waals surface area (Å²) in [5, 5.41) is 0. The van der Waals surface area contributed by atoms with Gasteiger partial charge in [0, 0.05) is 38.1 Å². The summed E-state index contributed by atoms with van der Waals surface area (Å²) in [4.78, 5) is 13.1. The van der Waals surface area contributed by atoms with Gasteiger partial charge in [0.15, 0.2) is 0 Å². The topological polar surface area (TPSA) is 35.2 Å². The molecule has 1 unspecified atom stereocenters. The molecule has 1 atom stereocenters. The van der Waals surface area contributed by atoms with E-state index in [1.54, 1.807) is 0 Å². The number of piperazine rings is 1. The number of aromatic amines is 1. The van der Waals surface area contributed by atoms with E-state index >= 15 is 0 Å². The van der Waals surface area contributed by atoms with Crippen LogP contribution < -0.4 is 4.90 Å². The van der Waals surface area contributed by atoms with Crippen LogP contribution in [0.1, 0.15) is 19.3 Å². The summed E-state index contributed by atoms with van der Waals surface area (Å²) in [5.74, 6) is 0. The van der Waals surface area contributed by atoms with Crippen LogP contribution in [0.2, 0.25) is 0 Å². The van der Waals surface area contributed by atoms with Crippen molar-refractivity contribution < 1.29 is 0 Å². The van der Waals surface area contributed by atoms with Crippen LogP contribution in [0.4, 0.5) is 5.69 Å². The number of H-pyrrole nitrogens is 1. The molecule has 4 nitrogen and oxygen atoms in total. The van der Waals surface area contributed by atoms with Gasteiger partial charge >= 0.3 is 0 Å². The zero-order chi connectivity index (χ0) is 12.7. The molecule has 2 saturated heterocycles. The van der Waals surface area contributed by atoms with E-state index in [1.165, 1.54) is 38.0 Å². The normalized spacial score (nSPS) is 24.6. The molecule has 2 aromatic rings. The van der Waals surface area contributed by atoms with Gasteiger partial charge in [-0.1, -0.05) is 6.42 Å². The molecule has 4 rings (SSSR count). The van der Waals surface area contributed by atoms with Crippen molar-refractivity contribution in [2.24, 2.45) is 0 Å². The SMILES string of the molecule is c1cnc2c(N3CCN4CCCCC4C3)c[nH]c2c1. The van der Waals surface area contributed by atoms with Gasteiger partial charge in [-0.05, 0) is 31.5 Å². The van der Waals surface area contributed by atoms with E-state index in [-0.39, 0.29) is 0 Å². The predicted molar refractivity (Wildman–Crippen MR) is 77.5 cm³/mol. The number of piperidine rings is 1. The summed E-state index contributed by atoms with van der Waals surface area (Å²) in [6.07, 6.45) is 8.13. The fourth-order valence-electron chi connectivity index (χ4n) is 3.56. The maximum Gasteiger partial charge on any atom is 0.111 e. The lowest BCUT2D eigenvalue weighted by Gasteiger charge is -2.44. The lowest BCUT2D eigenvalue weighted by Crippen LogP contribution is -2.54. The van der Waals surface area contributed by atoms with Crippen LogP contribution in [0.5, 0.6) is 0 Å². The minimum atomic E-state index is 0.746. The summed E-state index contributed by atoms with van der Waals surface area (Å²) >= 11 is 0. The van der Waals surface area contributed by atoms with Crippen molar-refractivity contribution in [2.45, 2.75) is 25.3 Å².